The topological polar surface area (TPSA) is 127 Å². The molecule has 2 aromatic carbocycles. The number of rotatable bonds is 6. The number of hydrogen-bond acceptors (Lipinski definition) is 5. The Hall–Kier alpha value is -4.32. The number of nitrogens with one attached hydrogen (secondary N) is 3. The van der Waals surface area contributed by atoms with Gasteiger partial charge < -0.3 is 25.3 Å². The molecule has 3 amide bonds. The van der Waals surface area contributed by atoms with Crippen molar-refractivity contribution in [1.29, 1.82) is 5.26 Å². The van der Waals surface area contributed by atoms with Crippen LogP contribution in [-0.2, 0) is 16.0 Å². The van der Waals surface area contributed by atoms with Crippen LogP contribution < -0.4 is 15.4 Å². The normalized spacial score (nSPS) is 19.6. The number of carbonyl (C=O) groups is 3. The first-order valence-electron chi connectivity index (χ1n) is 12.4. The first-order valence-corrected chi connectivity index (χ1v) is 12.4. The molecule has 0 bridgehead atoms. The van der Waals surface area contributed by atoms with E-state index in [1.54, 1.807) is 18.1 Å². The zero-order valence-corrected chi connectivity index (χ0v) is 20.8. The van der Waals surface area contributed by atoms with E-state index in [0.29, 0.717) is 37.4 Å². The van der Waals surface area contributed by atoms with Crippen LogP contribution in [0.5, 0.6) is 5.75 Å². The van der Waals surface area contributed by atoms with Gasteiger partial charge in [0, 0.05) is 29.9 Å². The lowest BCUT2D eigenvalue weighted by Crippen LogP contribution is -2.49. The summed E-state index contributed by atoms with van der Waals surface area (Å²) in [6.45, 7) is 2.91. The van der Waals surface area contributed by atoms with E-state index in [2.05, 4.69) is 21.7 Å². The van der Waals surface area contributed by atoms with Gasteiger partial charge in [-0.15, -0.1) is 0 Å². The van der Waals surface area contributed by atoms with Crippen LogP contribution in [-0.4, -0.2) is 53.8 Å². The van der Waals surface area contributed by atoms with E-state index in [-0.39, 0.29) is 24.2 Å². The predicted octanol–water partition coefficient (Wildman–Crippen LogP) is 2.76. The van der Waals surface area contributed by atoms with Gasteiger partial charge in [-0.3, -0.25) is 14.4 Å². The molecule has 3 aromatic rings. The largest absolute Gasteiger partial charge is 0.496 e. The number of carbonyl (C=O) groups excluding carboxylic acids is 3. The van der Waals surface area contributed by atoms with Crippen molar-refractivity contribution in [2.75, 3.05) is 20.2 Å². The molecule has 9 nitrogen and oxygen atoms in total. The minimum absolute atomic E-state index is 0.0980. The van der Waals surface area contributed by atoms with Gasteiger partial charge in [-0.2, -0.15) is 5.26 Å². The molecule has 2 aliphatic heterocycles. The highest BCUT2D eigenvalue weighted by Crippen LogP contribution is 2.34. The van der Waals surface area contributed by atoms with E-state index in [0.717, 1.165) is 27.6 Å². The molecule has 3 heterocycles. The molecule has 0 aliphatic carbocycles. The molecule has 9 heteroatoms. The van der Waals surface area contributed by atoms with Gasteiger partial charge in [0.2, 0.25) is 11.8 Å². The molecular formula is C28H29N5O4. The Morgan fingerprint density at radius 3 is 2.81 bits per heavy atom. The maximum absolute atomic E-state index is 13.8. The van der Waals surface area contributed by atoms with Gasteiger partial charge in [0.1, 0.15) is 23.5 Å². The lowest BCUT2D eigenvalue weighted by Gasteiger charge is -2.37. The average Bonchev–Trinajstić information content (AvgIpc) is 3.53. The number of nitriles is 1. The Balaban J connectivity index is 1.47. The van der Waals surface area contributed by atoms with Crippen LogP contribution in [0.1, 0.15) is 46.1 Å². The van der Waals surface area contributed by atoms with Gasteiger partial charge >= 0.3 is 0 Å². The maximum Gasteiger partial charge on any atom is 0.271 e. The molecule has 190 valence electrons. The fourth-order valence-electron chi connectivity index (χ4n) is 5.48. The molecule has 1 aromatic heterocycles. The number of ether oxygens (including phenoxy) is 1. The lowest BCUT2D eigenvalue weighted by atomic mass is 9.88. The second kappa shape index (κ2) is 9.97. The Kier molecular flexibility index (Phi) is 6.57. The second-order valence-electron chi connectivity index (χ2n) is 9.60. The highest BCUT2D eigenvalue weighted by molar-refractivity contribution is 6.02. The number of hydrogen-bond donors (Lipinski definition) is 3. The van der Waals surface area contributed by atoms with Crippen molar-refractivity contribution in [2.45, 2.75) is 38.3 Å². The standard InChI is InChI=1S/C28H29N5O4/c1-16-5-3-6-20-19(16)10-12-33(28(36)23-14-21-22(32-23)7-4-8-24(21)37-2)25(20)27(35)31-18(15-29)13-17-9-11-30-26(17)34/h3-8,14,17-18,25,32H,9-13H2,1-2H3,(H,30,34)(H,31,35)/t17-,18-,25?/m0/s1. The fraction of sp³-hybridized carbons (Fsp3) is 0.357. The number of benzene rings is 2. The molecule has 5 rings (SSSR count). The van der Waals surface area contributed by atoms with Gasteiger partial charge in [0.15, 0.2) is 0 Å². The summed E-state index contributed by atoms with van der Waals surface area (Å²) < 4.78 is 5.44. The Morgan fingerprint density at radius 1 is 1.27 bits per heavy atom. The summed E-state index contributed by atoms with van der Waals surface area (Å²) in [6, 6.07) is 13.4. The molecule has 1 saturated heterocycles. The maximum atomic E-state index is 13.8. The van der Waals surface area contributed by atoms with Crippen LogP contribution in [0.2, 0.25) is 0 Å². The molecule has 1 fully saturated rings. The van der Waals surface area contributed by atoms with Gasteiger partial charge in [-0.25, -0.2) is 0 Å². The van der Waals surface area contributed by atoms with Crippen molar-refractivity contribution in [1.82, 2.24) is 20.5 Å². The summed E-state index contributed by atoms with van der Waals surface area (Å²) in [5.41, 5.74) is 3.95. The number of aryl methyl sites for hydroxylation is 1. The number of H-pyrrole nitrogens is 1. The summed E-state index contributed by atoms with van der Waals surface area (Å²) in [5, 5.41) is 16.1. The van der Waals surface area contributed by atoms with Crippen LogP contribution in [0.3, 0.4) is 0 Å². The third-order valence-corrected chi connectivity index (χ3v) is 7.39. The monoisotopic (exact) mass is 499 g/mol. The van der Waals surface area contributed by atoms with E-state index in [4.69, 9.17) is 4.74 Å². The van der Waals surface area contributed by atoms with Gasteiger partial charge in [0.25, 0.3) is 5.91 Å². The Morgan fingerprint density at radius 2 is 2.08 bits per heavy atom. The van der Waals surface area contributed by atoms with Gasteiger partial charge in [0.05, 0.1) is 13.2 Å². The van der Waals surface area contributed by atoms with E-state index < -0.39 is 18.0 Å². The van der Waals surface area contributed by atoms with E-state index >= 15 is 0 Å². The lowest BCUT2D eigenvalue weighted by molar-refractivity contribution is -0.127. The third kappa shape index (κ3) is 4.51. The van der Waals surface area contributed by atoms with Crippen LogP contribution in [0.15, 0.2) is 42.5 Å². The van der Waals surface area contributed by atoms with Crippen LogP contribution in [0.25, 0.3) is 10.9 Å². The van der Waals surface area contributed by atoms with Crippen LogP contribution in [0, 0.1) is 24.2 Å². The summed E-state index contributed by atoms with van der Waals surface area (Å²) in [4.78, 5) is 44.3. The summed E-state index contributed by atoms with van der Waals surface area (Å²) in [7, 11) is 1.58. The molecule has 1 unspecified atom stereocenters. The molecule has 2 aliphatic rings. The zero-order valence-electron chi connectivity index (χ0n) is 20.8. The molecule has 37 heavy (non-hydrogen) atoms. The molecular weight excluding hydrogens is 470 g/mol. The van der Waals surface area contributed by atoms with Crippen molar-refractivity contribution in [3.63, 3.8) is 0 Å². The second-order valence-corrected chi connectivity index (χ2v) is 9.60. The molecule has 0 spiro atoms. The van der Waals surface area contributed by atoms with E-state index in [9.17, 15) is 19.6 Å². The van der Waals surface area contributed by atoms with Gasteiger partial charge in [-0.1, -0.05) is 24.3 Å². The highest BCUT2D eigenvalue weighted by atomic mass is 16.5. The van der Waals surface area contributed by atoms with Crippen LogP contribution >= 0.6 is 0 Å². The number of amides is 3. The number of aromatic amines is 1. The Labute approximate surface area is 214 Å². The number of nitrogens with zero attached hydrogens (tertiary/aromatic N) is 2. The SMILES string of the molecule is COc1cccc2[nH]c(C(=O)N3CCc4c(C)cccc4C3C(=O)N[C@H](C#N)C[C@@H]3CCNC3=O)cc12. The number of fused-ring (bicyclic) bond motifs is 2. The minimum Gasteiger partial charge on any atom is -0.496 e. The third-order valence-electron chi connectivity index (χ3n) is 7.39. The van der Waals surface area contributed by atoms with Crippen molar-refractivity contribution in [3.8, 4) is 11.8 Å². The highest BCUT2D eigenvalue weighted by Gasteiger charge is 2.38. The smallest absolute Gasteiger partial charge is 0.271 e. The van der Waals surface area contributed by atoms with Crippen molar-refractivity contribution < 1.29 is 19.1 Å². The van der Waals surface area contributed by atoms with Crippen molar-refractivity contribution in [2.24, 2.45) is 5.92 Å². The van der Waals surface area contributed by atoms with Crippen molar-refractivity contribution in [3.05, 3.63) is 64.8 Å². The average molecular weight is 500 g/mol. The van der Waals surface area contributed by atoms with E-state index in [1.165, 1.54) is 0 Å². The zero-order chi connectivity index (χ0) is 26.1. The fourth-order valence-corrected chi connectivity index (χ4v) is 5.48. The first-order chi connectivity index (χ1) is 17.9. The van der Waals surface area contributed by atoms with E-state index in [1.807, 2.05) is 43.3 Å². The van der Waals surface area contributed by atoms with Crippen LogP contribution in [0.4, 0.5) is 0 Å². The Bertz CT molecular complexity index is 1420. The summed E-state index contributed by atoms with van der Waals surface area (Å²) in [6.07, 6.45) is 1.48. The minimum atomic E-state index is -0.905. The molecule has 0 saturated carbocycles. The number of aromatic nitrogens is 1. The van der Waals surface area contributed by atoms with Crippen molar-refractivity contribution >= 4 is 28.6 Å². The van der Waals surface area contributed by atoms with Gasteiger partial charge in [-0.05, 0) is 61.1 Å². The first kappa shape index (κ1) is 24.4. The molecule has 0 radical (unpaired) electrons. The number of methoxy groups -OCH3 is 1. The quantitative estimate of drug-likeness (QED) is 0.481. The summed E-state index contributed by atoms with van der Waals surface area (Å²) >= 11 is 0. The molecule has 3 atom stereocenters. The predicted molar refractivity (Wildman–Crippen MR) is 137 cm³/mol. The summed E-state index contributed by atoms with van der Waals surface area (Å²) in [5.74, 6) is -0.508. The molecule has 3 N–H and O–H groups in total.